The van der Waals surface area contributed by atoms with Crippen LogP contribution in [0.25, 0.3) is 0 Å². The fourth-order valence-electron chi connectivity index (χ4n) is 2.16. The fraction of sp³-hybridized carbons (Fsp3) is 0.333. The standard InChI is InChI=1S/C15H17NO4S/c1-3-10(12-5-4-6-21-12)16-15(19)14-9(2)8-20-11(14)7-13(17)18/h4-6,8,10H,3,7H2,1-2H3,(H,16,19)(H,17,18). The van der Waals surface area contributed by atoms with Crippen molar-refractivity contribution in [1.29, 1.82) is 0 Å². The van der Waals surface area contributed by atoms with Crippen molar-refractivity contribution in [1.82, 2.24) is 5.32 Å². The van der Waals surface area contributed by atoms with Crippen LogP contribution in [0.2, 0.25) is 0 Å². The van der Waals surface area contributed by atoms with Gasteiger partial charge in [-0.05, 0) is 24.8 Å². The molecule has 2 rings (SSSR count). The van der Waals surface area contributed by atoms with E-state index in [1.165, 1.54) is 6.26 Å². The van der Waals surface area contributed by atoms with Crippen LogP contribution in [0, 0.1) is 6.92 Å². The first-order valence-electron chi connectivity index (χ1n) is 6.66. The van der Waals surface area contributed by atoms with E-state index in [1.54, 1.807) is 18.3 Å². The minimum Gasteiger partial charge on any atom is -0.481 e. The first-order valence-corrected chi connectivity index (χ1v) is 7.53. The number of hydrogen-bond donors (Lipinski definition) is 2. The van der Waals surface area contributed by atoms with Gasteiger partial charge >= 0.3 is 5.97 Å². The van der Waals surface area contributed by atoms with Crippen molar-refractivity contribution in [3.63, 3.8) is 0 Å². The molecule has 0 bridgehead atoms. The van der Waals surface area contributed by atoms with Gasteiger partial charge in [-0.3, -0.25) is 9.59 Å². The molecule has 6 heteroatoms. The first kappa shape index (κ1) is 15.3. The van der Waals surface area contributed by atoms with Crippen molar-refractivity contribution in [2.24, 2.45) is 0 Å². The molecule has 0 radical (unpaired) electrons. The number of thiophene rings is 1. The lowest BCUT2D eigenvalue weighted by atomic mass is 10.1. The zero-order valence-corrected chi connectivity index (χ0v) is 12.7. The second-order valence-corrected chi connectivity index (χ2v) is 5.72. The summed E-state index contributed by atoms with van der Waals surface area (Å²) in [4.78, 5) is 24.3. The molecule has 2 heterocycles. The third-order valence-corrected chi connectivity index (χ3v) is 4.18. The third kappa shape index (κ3) is 3.52. The molecule has 0 aromatic carbocycles. The first-order chi connectivity index (χ1) is 10.0. The van der Waals surface area contributed by atoms with E-state index < -0.39 is 5.97 Å². The van der Waals surface area contributed by atoms with Crippen LogP contribution < -0.4 is 5.32 Å². The Morgan fingerprint density at radius 3 is 2.81 bits per heavy atom. The van der Waals surface area contributed by atoms with Gasteiger partial charge in [-0.15, -0.1) is 11.3 Å². The lowest BCUT2D eigenvalue weighted by Crippen LogP contribution is -2.28. The fourth-order valence-corrected chi connectivity index (χ4v) is 3.03. The van der Waals surface area contributed by atoms with Gasteiger partial charge < -0.3 is 14.8 Å². The number of carboxylic acid groups (broad SMARTS) is 1. The Morgan fingerprint density at radius 2 is 2.24 bits per heavy atom. The molecule has 2 aromatic rings. The van der Waals surface area contributed by atoms with Gasteiger partial charge in [-0.2, -0.15) is 0 Å². The van der Waals surface area contributed by atoms with Gasteiger partial charge in [0.05, 0.1) is 17.9 Å². The van der Waals surface area contributed by atoms with Crippen LogP contribution in [-0.2, 0) is 11.2 Å². The Hall–Kier alpha value is -2.08. The van der Waals surface area contributed by atoms with E-state index in [4.69, 9.17) is 9.52 Å². The van der Waals surface area contributed by atoms with Crippen molar-refractivity contribution < 1.29 is 19.1 Å². The molecule has 0 aliphatic heterocycles. The molecule has 0 spiro atoms. The number of amides is 1. The smallest absolute Gasteiger partial charge is 0.311 e. The maximum atomic E-state index is 12.4. The van der Waals surface area contributed by atoms with Crippen molar-refractivity contribution in [2.75, 3.05) is 0 Å². The molecule has 2 aromatic heterocycles. The molecule has 112 valence electrons. The number of hydrogen-bond acceptors (Lipinski definition) is 4. The number of carbonyl (C=O) groups excluding carboxylic acids is 1. The minimum absolute atomic E-state index is 0.0792. The molecular weight excluding hydrogens is 290 g/mol. The maximum absolute atomic E-state index is 12.4. The lowest BCUT2D eigenvalue weighted by molar-refractivity contribution is -0.136. The summed E-state index contributed by atoms with van der Waals surface area (Å²) in [7, 11) is 0. The summed E-state index contributed by atoms with van der Waals surface area (Å²) in [5.74, 6) is -1.13. The van der Waals surface area contributed by atoms with Crippen molar-refractivity contribution in [3.05, 3.63) is 45.5 Å². The van der Waals surface area contributed by atoms with E-state index in [9.17, 15) is 9.59 Å². The molecular formula is C15H17NO4S. The molecule has 5 nitrogen and oxygen atoms in total. The second-order valence-electron chi connectivity index (χ2n) is 4.74. The van der Waals surface area contributed by atoms with Gasteiger partial charge in [0.25, 0.3) is 5.91 Å². The van der Waals surface area contributed by atoms with E-state index in [0.29, 0.717) is 11.1 Å². The number of aliphatic carboxylic acids is 1. The molecule has 2 N–H and O–H groups in total. The van der Waals surface area contributed by atoms with Gasteiger partial charge in [0.2, 0.25) is 0 Å². The highest BCUT2D eigenvalue weighted by molar-refractivity contribution is 7.10. The number of furan rings is 1. The quantitative estimate of drug-likeness (QED) is 0.859. The number of carboxylic acids is 1. The van der Waals surface area contributed by atoms with Gasteiger partial charge in [-0.25, -0.2) is 0 Å². The maximum Gasteiger partial charge on any atom is 0.311 e. The van der Waals surface area contributed by atoms with Gasteiger partial charge in [-0.1, -0.05) is 13.0 Å². The average Bonchev–Trinajstić information content (AvgIpc) is 3.05. The summed E-state index contributed by atoms with van der Waals surface area (Å²) in [5, 5.41) is 13.8. The van der Waals surface area contributed by atoms with E-state index in [-0.39, 0.29) is 24.1 Å². The Morgan fingerprint density at radius 1 is 1.48 bits per heavy atom. The Bertz CT molecular complexity index is 630. The Balaban J connectivity index is 2.20. The van der Waals surface area contributed by atoms with Crippen LogP contribution in [0.5, 0.6) is 0 Å². The molecule has 0 saturated carbocycles. The van der Waals surface area contributed by atoms with Crippen LogP contribution in [0.3, 0.4) is 0 Å². The van der Waals surface area contributed by atoms with Crippen LogP contribution >= 0.6 is 11.3 Å². The number of carbonyl (C=O) groups is 2. The summed E-state index contributed by atoms with van der Waals surface area (Å²) in [6.45, 7) is 3.72. The molecule has 0 aliphatic carbocycles. The van der Waals surface area contributed by atoms with Crippen molar-refractivity contribution >= 4 is 23.2 Å². The number of nitrogens with one attached hydrogen (secondary N) is 1. The van der Waals surface area contributed by atoms with Crippen molar-refractivity contribution in [2.45, 2.75) is 32.7 Å². The normalized spacial score (nSPS) is 12.1. The summed E-state index contributed by atoms with van der Waals surface area (Å²) in [6, 6.07) is 3.83. The zero-order valence-electron chi connectivity index (χ0n) is 11.9. The molecule has 1 atom stereocenters. The van der Waals surface area contributed by atoms with Crippen LogP contribution in [-0.4, -0.2) is 17.0 Å². The van der Waals surface area contributed by atoms with Crippen LogP contribution in [0.1, 0.15) is 45.9 Å². The highest BCUT2D eigenvalue weighted by atomic mass is 32.1. The summed E-state index contributed by atoms with van der Waals surface area (Å²) in [5.41, 5.74) is 0.970. The monoisotopic (exact) mass is 307 g/mol. The predicted molar refractivity (Wildman–Crippen MR) is 79.6 cm³/mol. The molecule has 0 aliphatic rings. The Labute approximate surface area is 126 Å². The lowest BCUT2D eigenvalue weighted by Gasteiger charge is -2.15. The minimum atomic E-state index is -1.02. The van der Waals surface area contributed by atoms with Crippen LogP contribution in [0.15, 0.2) is 28.2 Å². The third-order valence-electron chi connectivity index (χ3n) is 3.19. The largest absolute Gasteiger partial charge is 0.481 e. The average molecular weight is 307 g/mol. The molecule has 0 fully saturated rings. The summed E-state index contributed by atoms with van der Waals surface area (Å²) < 4.78 is 5.19. The van der Waals surface area contributed by atoms with Gasteiger partial charge in [0, 0.05) is 10.4 Å². The van der Waals surface area contributed by atoms with E-state index >= 15 is 0 Å². The van der Waals surface area contributed by atoms with E-state index in [2.05, 4.69) is 5.32 Å². The molecule has 1 amide bonds. The van der Waals surface area contributed by atoms with E-state index in [0.717, 1.165) is 11.3 Å². The predicted octanol–water partition coefficient (Wildman–Crippen LogP) is 3.16. The highest BCUT2D eigenvalue weighted by Gasteiger charge is 2.23. The zero-order chi connectivity index (χ0) is 15.4. The SMILES string of the molecule is CCC(NC(=O)c1c(C)coc1CC(=O)O)c1cccs1. The summed E-state index contributed by atoms with van der Waals surface area (Å²) >= 11 is 1.58. The summed E-state index contributed by atoms with van der Waals surface area (Å²) in [6.07, 6.45) is 1.88. The number of aryl methyl sites for hydroxylation is 1. The van der Waals surface area contributed by atoms with Crippen LogP contribution in [0.4, 0.5) is 0 Å². The van der Waals surface area contributed by atoms with E-state index in [1.807, 2.05) is 24.4 Å². The van der Waals surface area contributed by atoms with Crippen molar-refractivity contribution in [3.8, 4) is 0 Å². The highest BCUT2D eigenvalue weighted by Crippen LogP contribution is 2.24. The second kappa shape index (κ2) is 6.58. The van der Waals surface area contributed by atoms with Gasteiger partial charge in [0.15, 0.2) is 0 Å². The number of rotatable bonds is 6. The molecule has 21 heavy (non-hydrogen) atoms. The molecule has 0 saturated heterocycles. The topological polar surface area (TPSA) is 79.5 Å². The Kier molecular flexibility index (Phi) is 4.80. The molecule has 1 unspecified atom stereocenters. The van der Waals surface area contributed by atoms with Gasteiger partial charge in [0.1, 0.15) is 12.2 Å².